The molecule has 0 saturated carbocycles. The van der Waals surface area contributed by atoms with E-state index in [9.17, 15) is 8.78 Å². The molecule has 0 radical (unpaired) electrons. The van der Waals surface area contributed by atoms with E-state index < -0.39 is 18.4 Å². The van der Waals surface area contributed by atoms with E-state index in [0.29, 0.717) is 0 Å². The molecule has 9 heavy (non-hydrogen) atoms. The molecule has 2 nitrogen and oxygen atoms in total. The summed E-state index contributed by atoms with van der Waals surface area (Å²) >= 11 is 0. The van der Waals surface area contributed by atoms with Crippen LogP contribution in [0.25, 0.3) is 0 Å². The van der Waals surface area contributed by atoms with Gasteiger partial charge in [0.15, 0.2) is 12.5 Å². The number of nitrogens with zero attached hydrogens (tertiary/aromatic N) is 1. The third-order valence-corrected chi connectivity index (χ3v) is 1.36. The van der Waals surface area contributed by atoms with Gasteiger partial charge in [-0.25, -0.2) is 8.78 Å². The average Bonchev–Trinajstić information content (AvgIpc) is 2.15. The molecule has 3 atom stereocenters. The maximum absolute atomic E-state index is 12.3. The number of hydrogen-bond donors (Lipinski definition) is 1. The Balaban J connectivity index is 2.54. The summed E-state index contributed by atoms with van der Waals surface area (Å²) in [6.45, 7) is 0.124. The lowest BCUT2D eigenvalue weighted by Gasteiger charge is -2.01. The van der Waals surface area contributed by atoms with Gasteiger partial charge in [0.25, 0.3) is 0 Å². The van der Waals surface area contributed by atoms with E-state index in [1.165, 1.54) is 0 Å². The molecule has 0 aromatic rings. The third-order valence-electron chi connectivity index (χ3n) is 1.36. The van der Waals surface area contributed by atoms with Crippen LogP contribution in [-0.4, -0.2) is 19.0 Å². The van der Waals surface area contributed by atoms with Gasteiger partial charge in [0, 0.05) is 6.54 Å². The topological polar surface area (TPSA) is 35.8 Å². The fourth-order valence-electron chi connectivity index (χ4n) is 0.786. The molecule has 3 unspecified atom stereocenters. The van der Waals surface area contributed by atoms with Gasteiger partial charge in [-0.3, -0.25) is 5.32 Å². The second kappa shape index (κ2) is 2.28. The number of rotatable bonds is 0. The molecule has 1 N–H and O–H groups in total. The highest BCUT2D eigenvalue weighted by molar-refractivity contribution is 4.97. The minimum Gasteiger partial charge on any atom is -0.284 e. The summed E-state index contributed by atoms with van der Waals surface area (Å²) < 4.78 is 24.4. The molecule has 0 spiro atoms. The van der Waals surface area contributed by atoms with Crippen molar-refractivity contribution in [3.63, 3.8) is 0 Å². The van der Waals surface area contributed by atoms with Crippen molar-refractivity contribution in [1.82, 2.24) is 5.32 Å². The fourth-order valence-corrected chi connectivity index (χ4v) is 0.786. The van der Waals surface area contributed by atoms with Crippen LogP contribution < -0.4 is 5.32 Å². The minimum atomic E-state index is -1.64. The van der Waals surface area contributed by atoms with Gasteiger partial charge in [0.2, 0.25) is 0 Å². The van der Waals surface area contributed by atoms with Crippen LogP contribution in [0.3, 0.4) is 0 Å². The highest BCUT2D eigenvalue weighted by atomic mass is 19.2. The highest BCUT2D eigenvalue weighted by Gasteiger charge is 2.36. The van der Waals surface area contributed by atoms with Crippen LogP contribution >= 0.6 is 0 Å². The first-order valence-corrected chi connectivity index (χ1v) is 2.67. The molecule has 0 amide bonds. The summed E-state index contributed by atoms with van der Waals surface area (Å²) in [5.74, 6) is -0.806. The van der Waals surface area contributed by atoms with Crippen molar-refractivity contribution in [3.05, 3.63) is 0 Å². The van der Waals surface area contributed by atoms with Crippen LogP contribution in [0.5, 0.6) is 0 Å². The van der Waals surface area contributed by atoms with E-state index in [0.717, 1.165) is 0 Å². The van der Waals surface area contributed by atoms with Crippen LogP contribution in [0, 0.1) is 17.2 Å². The predicted octanol–water partition coefficient (Wildman–Crippen LogP) is 0.363. The molecular weight excluding hydrogens is 126 g/mol. The first-order chi connectivity index (χ1) is 4.25. The van der Waals surface area contributed by atoms with E-state index >= 15 is 0 Å². The molecule has 1 rings (SSSR count). The second-order valence-corrected chi connectivity index (χ2v) is 1.99. The van der Waals surface area contributed by atoms with Crippen molar-refractivity contribution in [2.24, 2.45) is 5.92 Å². The van der Waals surface area contributed by atoms with Crippen molar-refractivity contribution < 1.29 is 8.78 Å². The highest BCUT2D eigenvalue weighted by Crippen LogP contribution is 2.17. The Kier molecular flexibility index (Phi) is 1.63. The minimum absolute atomic E-state index is 0.124. The van der Waals surface area contributed by atoms with Gasteiger partial charge in [-0.1, -0.05) is 0 Å². The van der Waals surface area contributed by atoms with E-state index in [2.05, 4.69) is 5.32 Å². The standard InChI is InChI=1S/C5H6F2N2/c6-4-3(1-8)2-9-5(4)7/h3-5,9H,2H2. The van der Waals surface area contributed by atoms with Crippen molar-refractivity contribution in [2.75, 3.05) is 6.54 Å². The van der Waals surface area contributed by atoms with Crippen LogP contribution in [0.2, 0.25) is 0 Å². The maximum atomic E-state index is 12.3. The lowest BCUT2D eigenvalue weighted by molar-refractivity contribution is 0.168. The Morgan fingerprint density at radius 2 is 2.22 bits per heavy atom. The van der Waals surface area contributed by atoms with Crippen molar-refractivity contribution in [2.45, 2.75) is 12.5 Å². The van der Waals surface area contributed by atoms with Crippen molar-refractivity contribution in [1.29, 1.82) is 5.26 Å². The first-order valence-electron chi connectivity index (χ1n) is 2.67. The number of alkyl halides is 2. The summed E-state index contributed by atoms with van der Waals surface area (Å²) in [6.07, 6.45) is -3.29. The van der Waals surface area contributed by atoms with Gasteiger partial charge < -0.3 is 0 Å². The third kappa shape index (κ3) is 1.01. The second-order valence-electron chi connectivity index (χ2n) is 1.99. The zero-order chi connectivity index (χ0) is 6.85. The van der Waals surface area contributed by atoms with Gasteiger partial charge in [-0.05, 0) is 0 Å². The Bertz CT molecular complexity index is 142. The Hall–Kier alpha value is -0.690. The zero-order valence-corrected chi connectivity index (χ0v) is 4.64. The van der Waals surface area contributed by atoms with Gasteiger partial charge in [0.1, 0.15) is 0 Å². The molecule has 0 aromatic heterocycles. The largest absolute Gasteiger partial charge is 0.284 e. The molecule has 1 saturated heterocycles. The van der Waals surface area contributed by atoms with Gasteiger partial charge >= 0.3 is 0 Å². The summed E-state index contributed by atoms with van der Waals surface area (Å²) in [5, 5.41) is 10.4. The van der Waals surface area contributed by atoms with E-state index in [1.54, 1.807) is 6.07 Å². The predicted molar refractivity (Wildman–Crippen MR) is 26.9 cm³/mol. The fraction of sp³-hybridized carbons (Fsp3) is 0.800. The van der Waals surface area contributed by atoms with Gasteiger partial charge in [0.05, 0.1) is 12.0 Å². The molecule has 0 aromatic carbocycles. The van der Waals surface area contributed by atoms with Crippen molar-refractivity contribution in [3.8, 4) is 6.07 Å². The zero-order valence-electron chi connectivity index (χ0n) is 4.64. The van der Waals surface area contributed by atoms with Crippen molar-refractivity contribution >= 4 is 0 Å². The smallest absolute Gasteiger partial charge is 0.184 e. The molecular formula is C5H6F2N2. The summed E-state index contributed by atoms with van der Waals surface area (Å²) in [7, 11) is 0. The van der Waals surface area contributed by atoms with Crippen LogP contribution in [0.4, 0.5) is 8.78 Å². The van der Waals surface area contributed by atoms with Crippen LogP contribution in [-0.2, 0) is 0 Å². The average molecular weight is 132 g/mol. The summed E-state index contributed by atoms with van der Waals surface area (Å²) in [6, 6.07) is 1.67. The quantitative estimate of drug-likeness (QED) is 0.483. The number of halogens is 2. The molecule has 1 fully saturated rings. The summed E-state index contributed by atoms with van der Waals surface area (Å²) in [4.78, 5) is 0. The van der Waals surface area contributed by atoms with Crippen LogP contribution in [0.1, 0.15) is 0 Å². The van der Waals surface area contributed by atoms with E-state index in [1.807, 2.05) is 0 Å². The molecule has 1 aliphatic heterocycles. The van der Waals surface area contributed by atoms with Gasteiger partial charge in [-0.15, -0.1) is 0 Å². The molecule has 50 valence electrons. The Morgan fingerprint density at radius 1 is 1.56 bits per heavy atom. The maximum Gasteiger partial charge on any atom is 0.184 e. The monoisotopic (exact) mass is 132 g/mol. The Morgan fingerprint density at radius 3 is 2.44 bits per heavy atom. The summed E-state index contributed by atoms with van der Waals surface area (Å²) in [5.41, 5.74) is 0. The van der Waals surface area contributed by atoms with E-state index in [4.69, 9.17) is 5.26 Å². The SMILES string of the molecule is N#CC1CNC(F)C1F. The molecule has 1 heterocycles. The molecule has 0 aliphatic carbocycles. The number of hydrogen-bond acceptors (Lipinski definition) is 2. The molecule has 1 aliphatic rings. The van der Waals surface area contributed by atoms with Gasteiger partial charge in [-0.2, -0.15) is 5.26 Å². The first kappa shape index (κ1) is 6.43. The molecule has 4 heteroatoms. The van der Waals surface area contributed by atoms with E-state index in [-0.39, 0.29) is 6.54 Å². The molecule has 0 bridgehead atoms. The number of nitrogens with one attached hydrogen (secondary N) is 1. The van der Waals surface area contributed by atoms with Crippen LogP contribution in [0.15, 0.2) is 0 Å². The lowest BCUT2D eigenvalue weighted by atomic mass is 10.1. The lowest BCUT2D eigenvalue weighted by Crippen LogP contribution is -2.22. The Labute approximate surface area is 51.5 Å². The normalized spacial score (nSPS) is 42.6. The number of nitriles is 1.